The molecule has 5 heteroatoms. The lowest BCUT2D eigenvalue weighted by Gasteiger charge is -2.37. The first-order chi connectivity index (χ1) is 8.69. The summed E-state index contributed by atoms with van der Waals surface area (Å²) in [6.45, 7) is 0. The second-order valence-electron chi connectivity index (χ2n) is 5.03. The largest absolute Gasteiger partial charge is 0.444 e. The first kappa shape index (κ1) is 12.6. The van der Waals surface area contributed by atoms with Gasteiger partial charge in [0.1, 0.15) is 0 Å². The molecular weight excluding hydrogens is 314 g/mol. The highest BCUT2D eigenvalue weighted by molar-refractivity contribution is 9.10. The summed E-state index contributed by atoms with van der Waals surface area (Å²) in [6, 6.07) is 4.37. The van der Waals surface area contributed by atoms with E-state index in [1.54, 1.807) is 12.1 Å². The molecule has 3 nitrogen and oxygen atoms in total. The fourth-order valence-electron chi connectivity index (χ4n) is 3.21. The van der Waals surface area contributed by atoms with Crippen molar-refractivity contribution >= 4 is 33.6 Å². The number of hydrogen-bond donors (Lipinski definition) is 0. The molecule has 0 aromatic carbocycles. The number of hydrogen-bond acceptors (Lipinski definition) is 3. The molecule has 1 amide bonds. The van der Waals surface area contributed by atoms with Crippen LogP contribution in [0, 0.1) is 0 Å². The molecular formula is C13H16BrNO2S. The molecule has 2 bridgehead atoms. The molecule has 3 heterocycles. The summed E-state index contributed by atoms with van der Waals surface area (Å²) in [5.74, 6) is 0.522. The van der Waals surface area contributed by atoms with E-state index in [9.17, 15) is 4.79 Å². The van der Waals surface area contributed by atoms with Gasteiger partial charge >= 0.3 is 0 Å². The molecule has 1 aromatic rings. The number of carbonyl (C=O) groups excluding carboxylic acids is 1. The lowest BCUT2D eigenvalue weighted by Crippen LogP contribution is -2.47. The molecule has 3 atom stereocenters. The molecule has 3 rings (SSSR count). The highest BCUT2D eigenvalue weighted by Crippen LogP contribution is 2.40. The van der Waals surface area contributed by atoms with Crippen LogP contribution in [0.15, 0.2) is 21.2 Å². The molecule has 1 aromatic heterocycles. The van der Waals surface area contributed by atoms with Crippen LogP contribution in [-0.4, -0.2) is 34.4 Å². The normalized spacial score (nSPS) is 30.8. The van der Waals surface area contributed by atoms with Gasteiger partial charge in [0.2, 0.25) is 0 Å². The predicted molar refractivity (Wildman–Crippen MR) is 75.9 cm³/mol. The molecule has 2 aliphatic rings. The maximum Gasteiger partial charge on any atom is 0.290 e. The predicted octanol–water partition coefficient (Wildman–Crippen LogP) is 3.54. The molecule has 98 valence electrons. The SMILES string of the molecule is CSC1C[C@H]2CC[C@@H](C1)N2C(=O)c1ccc(Br)o1. The Balaban J connectivity index is 1.80. The minimum absolute atomic E-state index is 0.0627. The molecule has 1 unspecified atom stereocenters. The third-order valence-corrected chi connectivity index (χ3v) is 5.52. The van der Waals surface area contributed by atoms with Crippen LogP contribution in [0.1, 0.15) is 36.2 Å². The summed E-state index contributed by atoms with van der Waals surface area (Å²) in [4.78, 5) is 14.5. The lowest BCUT2D eigenvalue weighted by atomic mass is 10.0. The van der Waals surface area contributed by atoms with Crippen LogP contribution in [0.25, 0.3) is 0 Å². The Morgan fingerprint density at radius 3 is 2.56 bits per heavy atom. The van der Waals surface area contributed by atoms with Gasteiger partial charge in [0.15, 0.2) is 10.4 Å². The van der Waals surface area contributed by atoms with Crippen molar-refractivity contribution in [2.45, 2.75) is 43.0 Å². The summed E-state index contributed by atoms with van der Waals surface area (Å²) in [6.07, 6.45) is 6.73. The summed E-state index contributed by atoms with van der Waals surface area (Å²) in [5.41, 5.74) is 0. The molecule has 0 radical (unpaired) electrons. The maximum atomic E-state index is 12.5. The highest BCUT2D eigenvalue weighted by Gasteiger charge is 2.43. The van der Waals surface area contributed by atoms with E-state index in [0.29, 0.717) is 22.5 Å². The topological polar surface area (TPSA) is 33.5 Å². The number of fused-ring (bicyclic) bond motifs is 2. The Morgan fingerprint density at radius 1 is 1.39 bits per heavy atom. The monoisotopic (exact) mass is 329 g/mol. The van der Waals surface area contributed by atoms with Crippen molar-refractivity contribution in [3.05, 3.63) is 22.6 Å². The van der Waals surface area contributed by atoms with E-state index in [1.807, 2.05) is 11.8 Å². The van der Waals surface area contributed by atoms with Crippen molar-refractivity contribution in [2.24, 2.45) is 0 Å². The minimum Gasteiger partial charge on any atom is -0.444 e. The third-order valence-electron chi connectivity index (χ3n) is 4.04. The maximum absolute atomic E-state index is 12.5. The molecule has 18 heavy (non-hydrogen) atoms. The number of amides is 1. The van der Waals surface area contributed by atoms with E-state index in [-0.39, 0.29) is 5.91 Å². The van der Waals surface area contributed by atoms with Crippen molar-refractivity contribution in [2.75, 3.05) is 6.26 Å². The number of halogens is 1. The van der Waals surface area contributed by atoms with Crippen LogP contribution in [0.2, 0.25) is 0 Å². The van der Waals surface area contributed by atoms with Crippen LogP contribution in [0.3, 0.4) is 0 Å². The van der Waals surface area contributed by atoms with Crippen LogP contribution in [-0.2, 0) is 0 Å². The zero-order chi connectivity index (χ0) is 12.7. The van der Waals surface area contributed by atoms with Crippen LogP contribution in [0.4, 0.5) is 0 Å². The number of carbonyl (C=O) groups is 1. The van der Waals surface area contributed by atoms with E-state index in [4.69, 9.17) is 4.42 Å². The quantitative estimate of drug-likeness (QED) is 0.832. The standard InChI is InChI=1S/C13H16BrNO2S/c1-18-10-6-8-2-3-9(7-10)15(8)13(16)11-4-5-12(14)17-11/h4-5,8-10H,2-3,6-7H2,1H3/t8-,9+,10?. The van der Waals surface area contributed by atoms with E-state index < -0.39 is 0 Å². The Kier molecular flexibility index (Phi) is 3.45. The third kappa shape index (κ3) is 2.11. The fourth-order valence-corrected chi connectivity index (χ4v) is 4.34. The van der Waals surface area contributed by atoms with Crippen molar-refractivity contribution in [1.29, 1.82) is 0 Å². The summed E-state index contributed by atoms with van der Waals surface area (Å²) < 4.78 is 6.02. The van der Waals surface area contributed by atoms with Crippen LogP contribution in [0.5, 0.6) is 0 Å². The summed E-state index contributed by atoms with van der Waals surface area (Å²) in [7, 11) is 0. The average molecular weight is 330 g/mol. The molecule has 2 saturated heterocycles. The van der Waals surface area contributed by atoms with Crippen LogP contribution < -0.4 is 0 Å². The number of furan rings is 1. The van der Waals surface area contributed by atoms with E-state index >= 15 is 0 Å². The molecule has 2 aliphatic heterocycles. The van der Waals surface area contributed by atoms with Crippen molar-refractivity contribution in [1.82, 2.24) is 4.90 Å². The van der Waals surface area contributed by atoms with E-state index in [2.05, 4.69) is 27.1 Å². The van der Waals surface area contributed by atoms with E-state index in [0.717, 1.165) is 30.9 Å². The molecule has 2 fully saturated rings. The molecule has 0 aliphatic carbocycles. The van der Waals surface area contributed by atoms with Gasteiger partial charge in [0.05, 0.1) is 0 Å². The van der Waals surface area contributed by atoms with Gasteiger partial charge in [-0.3, -0.25) is 4.79 Å². The van der Waals surface area contributed by atoms with Gasteiger partial charge in [-0.2, -0.15) is 11.8 Å². The number of rotatable bonds is 2. The highest BCUT2D eigenvalue weighted by atomic mass is 79.9. The summed E-state index contributed by atoms with van der Waals surface area (Å²) >= 11 is 5.19. The fraction of sp³-hybridized carbons (Fsp3) is 0.615. The van der Waals surface area contributed by atoms with Gasteiger partial charge in [0, 0.05) is 17.3 Å². The average Bonchev–Trinajstić information content (AvgIpc) is 2.90. The van der Waals surface area contributed by atoms with Crippen LogP contribution >= 0.6 is 27.7 Å². The summed E-state index contributed by atoms with van der Waals surface area (Å²) in [5, 5.41) is 0.717. The smallest absolute Gasteiger partial charge is 0.290 e. The second-order valence-corrected chi connectivity index (χ2v) is 6.95. The Bertz CT molecular complexity index is 448. The zero-order valence-corrected chi connectivity index (χ0v) is 12.7. The molecule has 0 N–H and O–H groups in total. The molecule has 0 saturated carbocycles. The minimum atomic E-state index is 0.0627. The first-order valence-corrected chi connectivity index (χ1v) is 8.38. The second kappa shape index (κ2) is 4.93. The van der Waals surface area contributed by atoms with Crippen molar-refractivity contribution in [3.63, 3.8) is 0 Å². The van der Waals surface area contributed by atoms with Crippen molar-refractivity contribution in [3.8, 4) is 0 Å². The number of nitrogens with zero attached hydrogens (tertiary/aromatic N) is 1. The Morgan fingerprint density at radius 2 is 2.06 bits per heavy atom. The van der Waals surface area contributed by atoms with Crippen molar-refractivity contribution < 1.29 is 9.21 Å². The van der Waals surface area contributed by atoms with E-state index in [1.165, 1.54) is 0 Å². The molecule has 0 spiro atoms. The lowest BCUT2D eigenvalue weighted by molar-refractivity contribution is 0.0567. The van der Waals surface area contributed by atoms with Gasteiger partial charge in [-0.25, -0.2) is 0 Å². The van der Waals surface area contributed by atoms with Gasteiger partial charge in [-0.1, -0.05) is 0 Å². The number of piperidine rings is 1. The Labute approximate surface area is 119 Å². The number of thioether (sulfide) groups is 1. The van der Waals surface area contributed by atoms with Gasteiger partial charge in [-0.15, -0.1) is 0 Å². The van der Waals surface area contributed by atoms with Gasteiger partial charge in [-0.05, 0) is 60.0 Å². The first-order valence-electron chi connectivity index (χ1n) is 6.30. The van der Waals surface area contributed by atoms with Gasteiger partial charge in [0.25, 0.3) is 5.91 Å². The zero-order valence-electron chi connectivity index (χ0n) is 10.3. The Hall–Kier alpha value is -0.420. The van der Waals surface area contributed by atoms with Gasteiger partial charge < -0.3 is 9.32 Å².